The van der Waals surface area contributed by atoms with Crippen molar-refractivity contribution in [2.75, 3.05) is 43.5 Å². The summed E-state index contributed by atoms with van der Waals surface area (Å²) in [5.74, 6) is -0.923. The fourth-order valence-electron chi connectivity index (χ4n) is 4.43. The van der Waals surface area contributed by atoms with E-state index in [9.17, 15) is 14.4 Å². The largest absolute Gasteiger partial charge is 0.465 e. The first kappa shape index (κ1) is 26.0. The number of thiophene rings is 1. The maximum Gasteiger partial charge on any atom is 0.337 e. The summed E-state index contributed by atoms with van der Waals surface area (Å²) >= 11 is 13.9. The van der Waals surface area contributed by atoms with E-state index in [0.717, 1.165) is 15.8 Å². The number of carbonyl (C=O) groups is 3. The van der Waals surface area contributed by atoms with Crippen LogP contribution in [0, 0.1) is 0 Å². The summed E-state index contributed by atoms with van der Waals surface area (Å²) in [7, 11) is 1.31. The number of esters is 1. The van der Waals surface area contributed by atoms with Crippen LogP contribution >= 0.6 is 34.5 Å². The molecule has 1 fully saturated rings. The van der Waals surface area contributed by atoms with Gasteiger partial charge in [-0.25, -0.2) is 4.79 Å². The fourth-order valence-corrected chi connectivity index (χ4v) is 6.12. The summed E-state index contributed by atoms with van der Waals surface area (Å²) in [6.45, 7) is 2.15. The smallest absolute Gasteiger partial charge is 0.337 e. The molecule has 7 nitrogen and oxygen atoms in total. The Labute approximate surface area is 233 Å². The van der Waals surface area contributed by atoms with E-state index >= 15 is 0 Å². The summed E-state index contributed by atoms with van der Waals surface area (Å²) in [5.41, 5.74) is 2.14. The zero-order chi connectivity index (χ0) is 26.8. The van der Waals surface area contributed by atoms with E-state index in [4.69, 9.17) is 27.9 Å². The number of halogens is 2. The predicted octanol–water partition coefficient (Wildman–Crippen LogP) is 6.21. The van der Waals surface area contributed by atoms with E-state index in [-0.39, 0.29) is 5.91 Å². The minimum atomic E-state index is -0.514. The molecule has 0 saturated carbocycles. The number of benzene rings is 3. The number of piperazine rings is 1. The minimum Gasteiger partial charge on any atom is -0.465 e. The lowest BCUT2D eigenvalue weighted by atomic mass is 10.1. The molecule has 1 N–H and O–H groups in total. The van der Waals surface area contributed by atoms with Crippen molar-refractivity contribution in [3.8, 4) is 0 Å². The second-order valence-electron chi connectivity index (χ2n) is 8.71. The number of amides is 2. The number of nitrogens with zero attached hydrogens (tertiary/aromatic N) is 2. The molecule has 1 aromatic heterocycles. The van der Waals surface area contributed by atoms with Crippen molar-refractivity contribution in [1.29, 1.82) is 0 Å². The third-order valence-electron chi connectivity index (χ3n) is 6.39. The Morgan fingerprint density at radius 3 is 2.34 bits per heavy atom. The Morgan fingerprint density at radius 2 is 1.63 bits per heavy atom. The van der Waals surface area contributed by atoms with Crippen LogP contribution in [0.1, 0.15) is 30.4 Å². The van der Waals surface area contributed by atoms with Crippen molar-refractivity contribution in [1.82, 2.24) is 4.90 Å². The van der Waals surface area contributed by atoms with Crippen molar-refractivity contribution in [3.63, 3.8) is 0 Å². The maximum absolute atomic E-state index is 13.4. The average molecular weight is 568 g/mol. The normalized spacial score (nSPS) is 13.4. The highest BCUT2D eigenvalue weighted by Gasteiger charge is 2.25. The summed E-state index contributed by atoms with van der Waals surface area (Å²) in [5, 5.41) is 4.59. The predicted molar refractivity (Wildman–Crippen MR) is 152 cm³/mol. The number of anilines is 2. The molecule has 5 rings (SSSR count). The number of ether oxygens (including phenoxy) is 1. The van der Waals surface area contributed by atoms with Crippen LogP contribution in [-0.4, -0.2) is 56.0 Å². The highest BCUT2D eigenvalue weighted by molar-refractivity contribution is 7.21. The Kier molecular flexibility index (Phi) is 7.56. The Morgan fingerprint density at radius 1 is 0.895 bits per heavy atom. The first-order valence-electron chi connectivity index (χ1n) is 11.9. The minimum absolute atomic E-state index is 0.0145. The molecular formula is C28H23Cl2N3O4S. The first-order chi connectivity index (χ1) is 18.4. The summed E-state index contributed by atoms with van der Waals surface area (Å²) in [6, 6.07) is 19.5. The molecule has 0 radical (unpaired) electrons. The highest BCUT2D eigenvalue weighted by Crippen LogP contribution is 2.38. The van der Waals surface area contributed by atoms with Gasteiger partial charge in [-0.1, -0.05) is 47.5 Å². The van der Waals surface area contributed by atoms with Gasteiger partial charge < -0.3 is 19.9 Å². The SMILES string of the molecule is COC(=O)c1ccc(N2CCN(C(=O)c3ccccc3)CC2)c(NC(=O)c2sc3cc(Cl)ccc3c2Cl)c1. The van der Waals surface area contributed by atoms with Gasteiger partial charge in [-0.05, 0) is 42.5 Å². The second-order valence-corrected chi connectivity index (χ2v) is 10.6. The molecule has 38 heavy (non-hydrogen) atoms. The summed E-state index contributed by atoms with van der Waals surface area (Å²) in [4.78, 5) is 42.7. The lowest BCUT2D eigenvalue weighted by Crippen LogP contribution is -2.49. The molecule has 194 valence electrons. The highest BCUT2D eigenvalue weighted by atomic mass is 35.5. The summed E-state index contributed by atoms with van der Waals surface area (Å²) in [6.07, 6.45) is 0. The molecule has 0 spiro atoms. The number of rotatable bonds is 5. The van der Waals surface area contributed by atoms with Gasteiger partial charge in [0.1, 0.15) is 4.88 Å². The Bertz CT molecular complexity index is 1530. The molecule has 1 aliphatic rings. The van der Waals surface area contributed by atoms with Gasteiger partial charge in [-0.2, -0.15) is 0 Å². The van der Waals surface area contributed by atoms with Gasteiger partial charge in [0.05, 0.1) is 29.1 Å². The molecule has 1 saturated heterocycles. The van der Waals surface area contributed by atoms with Crippen LogP contribution < -0.4 is 10.2 Å². The van der Waals surface area contributed by atoms with Crippen LogP contribution in [0.15, 0.2) is 66.7 Å². The molecular weight excluding hydrogens is 545 g/mol. The Balaban J connectivity index is 1.40. The summed E-state index contributed by atoms with van der Waals surface area (Å²) < 4.78 is 5.68. The van der Waals surface area contributed by atoms with Gasteiger partial charge >= 0.3 is 5.97 Å². The molecule has 0 aliphatic carbocycles. The monoisotopic (exact) mass is 567 g/mol. The topological polar surface area (TPSA) is 79.0 Å². The first-order valence-corrected chi connectivity index (χ1v) is 13.4. The lowest BCUT2D eigenvalue weighted by Gasteiger charge is -2.37. The van der Waals surface area contributed by atoms with Crippen molar-refractivity contribution < 1.29 is 19.1 Å². The molecule has 1 aliphatic heterocycles. The van der Waals surface area contributed by atoms with Gasteiger partial charge in [0.15, 0.2) is 0 Å². The number of hydrogen-bond acceptors (Lipinski definition) is 6. The molecule has 10 heteroatoms. The van der Waals surface area contributed by atoms with Gasteiger partial charge in [0.2, 0.25) is 0 Å². The number of nitrogens with one attached hydrogen (secondary N) is 1. The average Bonchev–Trinajstić information content (AvgIpc) is 3.28. The quantitative estimate of drug-likeness (QED) is 0.290. The van der Waals surface area contributed by atoms with Crippen LogP contribution in [0.25, 0.3) is 10.1 Å². The third kappa shape index (κ3) is 5.20. The van der Waals surface area contributed by atoms with Crippen LogP contribution in [0.3, 0.4) is 0 Å². The van der Waals surface area contributed by atoms with Crippen LogP contribution in [0.5, 0.6) is 0 Å². The Hall–Kier alpha value is -3.59. The molecule has 2 heterocycles. The van der Waals surface area contributed by atoms with E-state index in [1.807, 2.05) is 23.1 Å². The maximum atomic E-state index is 13.4. The molecule has 3 aromatic carbocycles. The number of carbonyl (C=O) groups excluding carboxylic acids is 3. The second kappa shape index (κ2) is 11.0. The van der Waals surface area contributed by atoms with Gasteiger partial charge in [-0.3, -0.25) is 9.59 Å². The van der Waals surface area contributed by atoms with E-state index in [1.165, 1.54) is 18.4 Å². The zero-order valence-corrected chi connectivity index (χ0v) is 22.7. The van der Waals surface area contributed by atoms with Crippen molar-refractivity contribution in [2.24, 2.45) is 0 Å². The number of methoxy groups -OCH3 is 1. The number of hydrogen-bond donors (Lipinski definition) is 1. The third-order valence-corrected chi connectivity index (χ3v) is 8.28. The standard InChI is InChI=1S/C28H23Cl2N3O4S/c1-37-28(36)18-7-10-22(32-11-13-33(14-12-32)27(35)17-5-3-2-4-6-17)21(15-18)31-26(34)25-24(30)20-9-8-19(29)16-23(20)38-25/h2-10,15-16H,11-14H2,1H3,(H,31,34). The van der Waals surface area contributed by atoms with Crippen LogP contribution in [-0.2, 0) is 4.74 Å². The lowest BCUT2D eigenvalue weighted by molar-refractivity contribution is 0.0600. The number of fused-ring (bicyclic) bond motifs is 1. The van der Waals surface area contributed by atoms with Crippen LogP contribution in [0.4, 0.5) is 11.4 Å². The molecule has 0 unspecified atom stereocenters. The van der Waals surface area contributed by atoms with Crippen LogP contribution in [0.2, 0.25) is 10.0 Å². The zero-order valence-electron chi connectivity index (χ0n) is 20.4. The van der Waals surface area contributed by atoms with E-state index in [1.54, 1.807) is 48.5 Å². The van der Waals surface area contributed by atoms with E-state index in [2.05, 4.69) is 10.2 Å². The van der Waals surface area contributed by atoms with Gasteiger partial charge in [0.25, 0.3) is 11.8 Å². The van der Waals surface area contributed by atoms with E-state index in [0.29, 0.717) is 57.9 Å². The van der Waals surface area contributed by atoms with Crippen molar-refractivity contribution >= 4 is 73.8 Å². The molecule has 0 bridgehead atoms. The molecule has 2 amide bonds. The fraction of sp³-hybridized carbons (Fsp3) is 0.179. The van der Waals surface area contributed by atoms with Crippen molar-refractivity contribution in [2.45, 2.75) is 0 Å². The molecule has 0 atom stereocenters. The van der Waals surface area contributed by atoms with Gasteiger partial charge in [0, 0.05) is 46.9 Å². The van der Waals surface area contributed by atoms with E-state index < -0.39 is 11.9 Å². The van der Waals surface area contributed by atoms with Crippen molar-refractivity contribution in [3.05, 3.63) is 92.8 Å². The molecule has 4 aromatic rings. The van der Waals surface area contributed by atoms with Gasteiger partial charge in [-0.15, -0.1) is 11.3 Å².